The highest BCUT2D eigenvalue weighted by Crippen LogP contribution is 2.36. The molecule has 0 radical (unpaired) electrons. The second kappa shape index (κ2) is 8.17. The van der Waals surface area contributed by atoms with Crippen LogP contribution in [0.15, 0.2) is 34.9 Å². The molecule has 0 unspecified atom stereocenters. The lowest BCUT2D eigenvalue weighted by molar-refractivity contribution is -0.156. The number of aliphatic carboxylic acids is 1. The van der Waals surface area contributed by atoms with Crippen LogP contribution >= 0.6 is 0 Å². The quantitative estimate of drug-likeness (QED) is 0.816. The average Bonchev–Trinajstić information content (AvgIpc) is 3.15. The number of rotatable bonds is 6. The molecule has 1 amide bonds. The maximum absolute atomic E-state index is 12.6. The maximum atomic E-state index is 12.6. The zero-order chi connectivity index (χ0) is 20.3. The fourth-order valence-corrected chi connectivity index (χ4v) is 3.87. The van der Waals surface area contributed by atoms with Gasteiger partial charge in [-0.3, -0.25) is 9.59 Å². The molecule has 2 heterocycles. The van der Waals surface area contributed by atoms with E-state index < -0.39 is 11.4 Å². The van der Waals surface area contributed by atoms with E-state index >= 15 is 0 Å². The van der Waals surface area contributed by atoms with Crippen LogP contribution in [0, 0.1) is 18.3 Å². The third-order valence-corrected chi connectivity index (χ3v) is 5.76. The molecule has 1 fully saturated rings. The van der Waals surface area contributed by atoms with Crippen molar-refractivity contribution < 1.29 is 19.2 Å². The first-order valence-electron chi connectivity index (χ1n) is 9.89. The van der Waals surface area contributed by atoms with Gasteiger partial charge in [0.05, 0.1) is 5.41 Å². The molecule has 1 aliphatic rings. The van der Waals surface area contributed by atoms with Gasteiger partial charge in [-0.2, -0.15) is 0 Å². The van der Waals surface area contributed by atoms with E-state index in [1.54, 1.807) is 4.90 Å². The number of carbonyl (C=O) groups is 2. The number of likely N-dealkylation sites (tertiary alicyclic amines) is 1. The molecule has 0 saturated carbocycles. The average molecular weight is 384 g/mol. The zero-order valence-corrected chi connectivity index (χ0v) is 16.8. The monoisotopic (exact) mass is 384 g/mol. The van der Waals surface area contributed by atoms with Crippen LogP contribution < -0.4 is 0 Å². The van der Waals surface area contributed by atoms with Crippen LogP contribution in [-0.2, 0) is 16.0 Å². The van der Waals surface area contributed by atoms with E-state index in [-0.39, 0.29) is 24.8 Å². The summed E-state index contributed by atoms with van der Waals surface area (Å²) in [4.78, 5) is 26.5. The number of carboxylic acid groups (broad SMARTS) is 1. The predicted molar refractivity (Wildman–Crippen MR) is 106 cm³/mol. The summed E-state index contributed by atoms with van der Waals surface area (Å²) in [5, 5.41) is 14.1. The van der Waals surface area contributed by atoms with Gasteiger partial charge < -0.3 is 14.5 Å². The Morgan fingerprint density at radius 2 is 2.14 bits per heavy atom. The van der Waals surface area contributed by atoms with Crippen molar-refractivity contribution in [2.75, 3.05) is 13.1 Å². The fourth-order valence-electron chi connectivity index (χ4n) is 3.87. The minimum Gasteiger partial charge on any atom is -0.481 e. The molecule has 0 aliphatic carbocycles. The standard InChI is InChI=1S/C22H28N2O4/c1-4-16(3)20(25)24-10-6-9-22(14-24,21(26)27)13-18-12-19(23-28-18)17-8-5-7-15(2)11-17/h5,7-8,11-12,16H,4,6,9-10,13-14H2,1-3H3,(H,26,27)/t16-,22-/m0/s1. The van der Waals surface area contributed by atoms with Crippen molar-refractivity contribution in [1.29, 1.82) is 0 Å². The van der Waals surface area contributed by atoms with E-state index in [2.05, 4.69) is 5.16 Å². The van der Waals surface area contributed by atoms with Gasteiger partial charge in [0.2, 0.25) is 5.91 Å². The molecule has 1 saturated heterocycles. The first-order valence-corrected chi connectivity index (χ1v) is 9.89. The van der Waals surface area contributed by atoms with Crippen LogP contribution in [0.4, 0.5) is 0 Å². The Labute approximate surface area is 165 Å². The Bertz CT molecular complexity index is 860. The maximum Gasteiger partial charge on any atom is 0.311 e. The molecule has 1 aromatic heterocycles. The van der Waals surface area contributed by atoms with E-state index in [4.69, 9.17) is 4.52 Å². The molecular weight excluding hydrogens is 356 g/mol. The lowest BCUT2D eigenvalue weighted by Gasteiger charge is -2.40. The van der Waals surface area contributed by atoms with Crippen LogP contribution in [-0.4, -0.2) is 40.1 Å². The number of piperidine rings is 1. The number of carboxylic acids is 1. The normalized spacial score (nSPS) is 20.8. The Morgan fingerprint density at radius 1 is 1.36 bits per heavy atom. The van der Waals surface area contributed by atoms with Gasteiger partial charge in [0.25, 0.3) is 0 Å². The van der Waals surface area contributed by atoms with Gasteiger partial charge in [0, 0.05) is 37.1 Å². The Morgan fingerprint density at radius 3 is 2.82 bits per heavy atom. The van der Waals surface area contributed by atoms with Crippen molar-refractivity contribution in [1.82, 2.24) is 10.1 Å². The molecule has 3 rings (SSSR count). The highest BCUT2D eigenvalue weighted by molar-refractivity contribution is 5.81. The van der Waals surface area contributed by atoms with Gasteiger partial charge in [-0.15, -0.1) is 0 Å². The van der Waals surface area contributed by atoms with Gasteiger partial charge in [-0.1, -0.05) is 42.8 Å². The molecule has 1 aromatic carbocycles. The highest BCUT2D eigenvalue weighted by atomic mass is 16.5. The third-order valence-electron chi connectivity index (χ3n) is 5.76. The van der Waals surface area contributed by atoms with Crippen LogP contribution in [0.3, 0.4) is 0 Å². The number of amides is 1. The van der Waals surface area contributed by atoms with Crippen molar-refractivity contribution in [3.05, 3.63) is 41.7 Å². The lowest BCUT2D eigenvalue weighted by atomic mass is 9.76. The zero-order valence-electron chi connectivity index (χ0n) is 16.8. The third kappa shape index (κ3) is 4.11. The summed E-state index contributed by atoms with van der Waals surface area (Å²) in [7, 11) is 0. The van der Waals surface area contributed by atoms with Gasteiger partial charge in [-0.05, 0) is 32.3 Å². The Kier molecular flexibility index (Phi) is 5.87. The second-order valence-electron chi connectivity index (χ2n) is 7.98. The first-order chi connectivity index (χ1) is 13.3. The molecule has 28 heavy (non-hydrogen) atoms. The minimum absolute atomic E-state index is 0.0332. The Balaban J connectivity index is 1.81. The molecule has 150 valence electrons. The number of aryl methyl sites for hydroxylation is 1. The summed E-state index contributed by atoms with van der Waals surface area (Å²) in [6, 6.07) is 9.75. The molecule has 1 N–H and O–H groups in total. The van der Waals surface area contributed by atoms with E-state index in [0.717, 1.165) is 17.5 Å². The molecule has 6 heteroatoms. The number of benzene rings is 1. The van der Waals surface area contributed by atoms with E-state index in [1.165, 1.54) is 0 Å². The van der Waals surface area contributed by atoms with Gasteiger partial charge in [-0.25, -0.2) is 0 Å². The molecule has 0 bridgehead atoms. The van der Waals surface area contributed by atoms with Crippen LogP contribution in [0.1, 0.15) is 44.4 Å². The van der Waals surface area contributed by atoms with E-state index in [1.807, 2.05) is 51.1 Å². The van der Waals surface area contributed by atoms with Crippen LogP contribution in [0.2, 0.25) is 0 Å². The van der Waals surface area contributed by atoms with Crippen molar-refractivity contribution in [2.24, 2.45) is 11.3 Å². The summed E-state index contributed by atoms with van der Waals surface area (Å²) in [6.07, 6.45) is 2.17. The summed E-state index contributed by atoms with van der Waals surface area (Å²) in [5.74, 6) is -0.409. The van der Waals surface area contributed by atoms with Crippen LogP contribution in [0.25, 0.3) is 11.3 Å². The van der Waals surface area contributed by atoms with Crippen molar-refractivity contribution >= 4 is 11.9 Å². The molecule has 2 atom stereocenters. The smallest absolute Gasteiger partial charge is 0.311 e. The molecule has 1 aliphatic heterocycles. The van der Waals surface area contributed by atoms with Crippen molar-refractivity contribution in [3.8, 4) is 11.3 Å². The summed E-state index contributed by atoms with van der Waals surface area (Å²) >= 11 is 0. The lowest BCUT2D eigenvalue weighted by Crippen LogP contribution is -2.52. The predicted octanol–water partition coefficient (Wildman–Crippen LogP) is 3.93. The largest absolute Gasteiger partial charge is 0.481 e. The van der Waals surface area contributed by atoms with E-state index in [0.29, 0.717) is 30.8 Å². The molecule has 6 nitrogen and oxygen atoms in total. The number of carbonyl (C=O) groups excluding carboxylic acids is 1. The SMILES string of the molecule is CC[C@H](C)C(=O)N1CCC[C@@](Cc2cc(-c3cccc(C)c3)no2)(C(=O)O)C1. The summed E-state index contributed by atoms with van der Waals surface area (Å²) < 4.78 is 5.48. The van der Waals surface area contributed by atoms with Gasteiger partial charge in [0.1, 0.15) is 11.5 Å². The molecule has 2 aromatic rings. The van der Waals surface area contributed by atoms with Crippen LogP contribution in [0.5, 0.6) is 0 Å². The van der Waals surface area contributed by atoms with Crippen molar-refractivity contribution in [3.63, 3.8) is 0 Å². The number of aromatic nitrogens is 1. The van der Waals surface area contributed by atoms with Crippen molar-refractivity contribution in [2.45, 2.75) is 46.5 Å². The Hall–Kier alpha value is -2.63. The summed E-state index contributed by atoms with van der Waals surface area (Å²) in [6.45, 7) is 6.70. The number of nitrogens with zero attached hydrogens (tertiary/aromatic N) is 2. The number of hydrogen-bond acceptors (Lipinski definition) is 4. The number of hydrogen-bond donors (Lipinski definition) is 1. The summed E-state index contributed by atoms with van der Waals surface area (Å²) in [5.41, 5.74) is 1.72. The second-order valence-corrected chi connectivity index (χ2v) is 7.98. The van der Waals surface area contributed by atoms with Gasteiger partial charge >= 0.3 is 5.97 Å². The molecule has 0 spiro atoms. The van der Waals surface area contributed by atoms with E-state index in [9.17, 15) is 14.7 Å². The molecular formula is C22H28N2O4. The minimum atomic E-state index is -1.04. The van der Waals surface area contributed by atoms with Gasteiger partial charge in [0.15, 0.2) is 0 Å². The fraction of sp³-hybridized carbons (Fsp3) is 0.500. The first kappa shape index (κ1) is 20.1. The topological polar surface area (TPSA) is 83.6 Å². The highest BCUT2D eigenvalue weighted by Gasteiger charge is 2.45.